The lowest BCUT2D eigenvalue weighted by molar-refractivity contribution is -0.116. The maximum absolute atomic E-state index is 11.9. The molecule has 1 rings (SSSR count). The van der Waals surface area contributed by atoms with E-state index < -0.39 is 0 Å². The Kier molecular flexibility index (Phi) is 6.04. The van der Waals surface area contributed by atoms with Gasteiger partial charge in [0.05, 0.1) is 11.3 Å². The number of anilines is 1. The lowest BCUT2D eigenvalue weighted by Crippen LogP contribution is -2.22. The summed E-state index contributed by atoms with van der Waals surface area (Å²) in [4.78, 5) is 11.9. The minimum Gasteiger partial charge on any atom is -0.330 e. The standard InChI is InChI=1S/C15H21N3O/c1-11(2)12(9-16)7-8-15(19)18-14-6-4-3-5-13(14)10-17/h3-6,11-12H,7-9,16H2,1-2H3,(H,18,19). The lowest BCUT2D eigenvalue weighted by Gasteiger charge is -2.18. The van der Waals surface area contributed by atoms with Crippen LogP contribution in [0.4, 0.5) is 5.69 Å². The molecule has 0 saturated heterocycles. The highest BCUT2D eigenvalue weighted by atomic mass is 16.1. The second-order valence-electron chi connectivity index (χ2n) is 4.98. The Balaban J connectivity index is 2.54. The minimum absolute atomic E-state index is 0.0678. The van der Waals surface area contributed by atoms with Gasteiger partial charge in [0.2, 0.25) is 5.91 Å². The number of nitrogens with zero attached hydrogens (tertiary/aromatic N) is 1. The summed E-state index contributed by atoms with van der Waals surface area (Å²) >= 11 is 0. The molecule has 1 aromatic rings. The highest BCUT2D eigenvalue weighted by Crippen LogP contribution is 2.18. The molecule has 3 N–H and O–H groups in total. The molecule has 1 amide bonds. The molecule has 19 heavy (non-hydrogen) atoms. The van der Waals surface area contributed by atoms with Gasteiger partial charge < -0.3 is 11.1 Å². The van der Waals surface area contributed by atoms with Gasteiger partial charge in [-0.3, -0.25) is 4.79 Å². The van der Waals surface area contributed by atoms with Gasteiger partial charge in [-0.2, -0.15) is 5.26 Å². The van der Waals surface area contributed by atoms with E-state index >= 15 is 0 Å². The quantitative estimate of drug-likeness (QED) is 0.823. The number of benzene rings is 1. The molecule has 0 fully saturated rings. The van der Waals surface area contributed by atoms with E-state index in [-0.39, 0.29) is 5.91 Å². The zero-order valence-corrected chi connectivity index (χ0v) is 11.5. The summed E-state index contributed by atoms with van der Waals surface area (Å²) in [6.07, 6.45) is 1.20. The third-order valence-corrected chi connectivity index (χ3v) is 3.31. The van der Waals surface area contributed by atoms with Crippen LogP contribution in [-0.2, 0) is 4.79 Å². The van der Waals surface area contributed by atoms with Gasteiger partial charge in [0.1, 0.15) is 6.07 Å². The highest BCUT2D eigenvalue weighted by Gasteiger charge is 2.14. The normalized spacial score (nSPS) is 11.9. The van der Waals surface area contributed by atoms with Gasteiger partial charge in [-0.1, -0.05) is 26.0 Å². The molecule has 0 bridgehead atoms. The average Bonchev–Trinajstić information content (AvgIpc) is 2.39. The number of amides is 1. The Hall–Kier alpha value is -1.86. The van der Waals surface area contributed by atoms with Crippen molar-refractivity contribution >= 4 is 11.6 Å². The third-order valence-electron chi connectivity index (χ3n) is 3.31. The van der Waals surface area contributed by atoms with E-state index in [2.05, 4.69) is 25.2 Å². The van der Waals surface area contributed by atoms with E-state index in [1.54, 1.807) is 24.3 Å². The molecule has 0 aliphatic carbocycles. The zero-order chi connectivity index (χ0) is 14.3. The number of hydrogen-bond acceptors (Lipinski definition) is 3. The second kappa shape index (κ2) is 7.55. The minimum atomic E-state index is -0.0678. The molecule has 102 valence electrons. The van der Waals surface area contributed by atoms with Crippen LogP contribution in [0.2, 0.25) is 0 Å². The first-order chi connectivity index (χ1) is 9.08. The summed E-state index contributed by atoms with van der Waals surface area (Å²) in [5.74, 6) is 0.767. The molecule has 1 aromatic carbocycles. The summed E-state index contributed by atoms with van der Waals surface area (Å²) < 4.78 is 0. The van der Waals surface area contributed by atoms with Gasteiger partial charge in [-0.15, -0.1) is 0 Å². The van der Waals surface area contributed by atoms with Gasteiger partial charge in [-0.05, 0) is 36.9 Å². The molecule has 0 saturated carbocycles. The number of para-hydroxylation sites is 1. The van der Waals surface area contributed by atoms with Gasteiger partial charge >= 0.3 is 0 Å². The number of carbonyl (C=O) groups excluding carboxylic acids is 1. The smallest absolute Gasteiger partial charge is 0.224 e. The van der Waals surface area contributed by atoms with Crippen LogP contribution in [0.1, 0.15) is 32.3 Å². The number of carbonyl (C=O) groups is 1. The summed E-state index contributed by atoms with van der Waals surface area (Å²) in [6, 6.07) is 9.06. The first-order valence-electron chi connectivity index (χ1n) is 6.57. The Morgan fingerprint density at radius 1 is 1.42 bits per heavy atom. The summed E-state index contributed by atoms with van der Waals surface area (Å²) in [5.41, 5.74) is 6.74. The number of nitriles is 1. The predicted octanol–water partition coefficient (Wildman–Crippen LogP) is 2.51. The molecule has 0 heterocycles. The van der Waals surface area contributed by atoms with Crippen molar-refractivity contribution in [3.8, 4) is 6.07 Å². The van der Waals surface area contributed by atoms with Crippen LogP contribution in [0.3, 0.4) is 0 Å². The zero-order valence-electron chi connectivity index (χ0n) is 11.5. The van der Waals surface area contributed by atoms with Crippen LogP contribution in [0.15, 0.2) is 24.3 Å². The van der Waals surface area contributed by atoms with E-state index in [0.29, 0.717) is 36.1 Å². The third kappa shape index (κ3) is 4.72. The Morgan fingerprint density at radius 2 is 2.11 bits per heavy atom. The van der Waals surface area contributed by atoms with E-state index in [4.69, 9.17) is 11.0 Å². The Bertz CT molecular complexity index is 463. The van der Waals surface area contributed by atoms with Crippen molar-refractivity contribution in [1.29, 1.82) is 5.26 Å². The monoisotopic (exact) mass is 259 g/mol. The van der Waals surface area contributed by atoms with Crippen LogP contribution in [0, 0.1) is 23.2 Å². The largest absolute Gasteiger partial charge is 0.330 e. The molecular weight excluding hydrogens is 238 g/mol. The molecule has 0 aliphatic heterocycles. The van der Waals surface area contributed by atoms with Gasteiger partial charge in [0, 0.05) is 6.42 Å². The molecule has 0 spiro atoms. The van der Waals surface area contributed by atoms with E-state index in [0.717, 1.165) is 6.42 Å². The van der Waals surface area contributed by atoms with Crippen LogP contribution >= 0.6 is 0 Å². The topological polar surface area (TPSA) is 78.9 Å². The fraction of sp³-hybridized carbons (Fsp3) is 0.467. The van der Waals surface area contributed by atoms with Crippen molar-refractivity contribution in [2.24, 2.45) is 17.6 Å². The average molecular weight is 259 g/mol. The number of nitrogens with one attached hydrogen (secondary N) is 1. The predicted molar refractivity (Wildman–Crippen MR) is 76.4 cm³/mol. The Morgan fingerprint density at radius 3 is 2.68 bits per heavy atom. The lowest BCUT2D eigenvalue weighted by atomic mass is 9.91. The van der Waals surface area contributed by atoms with Crippen molar-refractivity contribution in [3.05, 3.63) is 29.8 Å². The fourth-order valence-corrected chi connectivity index (χ4v) is 1.94. The number of rotatable bonds is 6. The second-order valence-corrected chi connectivity index (χ2v) is 4.98. The molecular formula is C15H21N3O. The molecule has 4 nitrogen and oxygen atoms in total. The SMILES string of the molecule is CC(C)C(CN)CCC(=O)Nc1ccccc1C#N. The van der Waals surface area contributed by atoms with Crippen molar-refractivity contribution in [3.63, 3.8) is 0 Å². The van der Waals surface area contributed by atoms with Crippen molar-refractivity contribution in [1.82, 2.24) is 0 Å². The van der Waals surface area contributed by atoms with Gasteiger partial charge in [-0.25, -0.2) is 0 Å². The van der Waals surface area contributed by atoms with Gasteiger partial charge in [0.25, 0.3) is 0 Å². The molecule has 1 atom stereocenters. The first kappa shape index (κ1) is 15.2. The van der Waals surface area contributed by atoms with E-state index in [1.807, 2.05) is 0 Å². The summed E-state index contributed by atoms with van der Waals surface area (Å²) in [6.45, 7) is 4.82. The molecule has 4 heteroatoms. The highest BCUT2D eigenvalue weighted by molar-refractivity contribution is 5.92. The van der Waals surface area contributed by atoms with Crippen LogP contribution < -0.4 is 11.1 Å². The molecule has 0 aromatic heterocycles. The maximum Gasteiger partial charge on any atom is 0.224 e. The van der Waals surface area contributed by atoms with Crippen molar-refractivity contribution in [2.75, 3.05) is 11.9 Å². The fourth-order valence-electron chi connectivity index (χ4n) is 1.94. The maximum atomic E-state index is 11.9. The molecule has 1 unspecified atom stereocenters. The molecule has 0 aliphatic rings. The van der Waals surface area contributed by atoms with Crippen LogP contribution in [0.25, 0.3) is 0 Å². The first-order valence-corrected chi connectivity index (χ1v) is 6.57. The number of hydrogen-bond donors (Lipinski definition) is 2. The van der Waals surface area contributed by atoms with Gasteiger partial charge in [0.15, 0.2) is 0 Å². The summed E-state index contributed by atoms with van der Waals surface area (Å²) in [7, 11) is 0. The van der Waals surface area contributed by atoms with Crippen molar-refractivity contribution in [2.45, 2.75) is 26.7 Å². The van der Waals surface area contributed by atoms with Crippen LogP contribution in [-0.4, -0.2) is 12.5 Å². The summed E-state index contributed by atoms with van der Waals surface area (Å²) in [5, 5.41) is 11.7. The van der Waals surface area contributed by atoms with E-state index in [9.17, 15) is 4.79 Å². The van der Waals surface area contributed by atoms with Crippen LogP contribution in [0.5, 0.6) is 0 Å². The molecule has 0 radical (unpaired) electrons. The number of nitrogens with two attached hydrogens (primary N) is 1. The Labute approximate surface area is 114 Å². The van der Waals surface area contributed by atoms with Crippen molar-refractivity contribution < 1.29 is 4.79 Å². The van der Waals surface area contributed by atoms with E-state index in [1.165, 1.54) is 0 Å².